The van der Waals surface area contributed by atoms with Gasteiger partial charge in [-0.1, -0.05) is 13.8 Å². The maximum Gasteiger partial charge on any atom is 0.193 e. The molecule has 5 nitrogen and oxygen atoms in total. The summed E-state index contributed by atoms with van der Waals surface area (Å²) in [6.45, 7) is 10.8. The quantitative estimate of drug-likeness (QED) is 0.532. The van der Waals surface area contributed by atoms with Crippen molar-refractivity contribution in [3.8, 4) is 0 Å². The van der Waals surface area contributed by atoms with E-state index in [0.29, 0.717) is 6.54 Å². The number of aliphatic hydroxyl groups excluding tert-OH is 1. The molecule has 0 amide bonds. The largest absolute Gasteiger partial charge is 0.396 e. The Morgan fingerprint density at radius 3 is 2.59 bits per heavy atom. The fourth-order valence-corrected chi connectivity index (χ4v) is 2.53. The zero-order valence-corrected chi connectivity index (χ0v) is 14.9. The third-order valence-electron chi connectivity index (χ3n) is 4.76. The number of hydrogen-bond donors (Lipinski definition) is 2. The van der Waals surface area contributed by atoms with Crippen LogP contribution in [0.1, 0.15) is 46.5 Å². The van der Waals surface area contributed by atoms with Gasteiger partial charge in [0.25, 0.3) is 0 Å². The SMILES string of the molecule is CCNC(=NCC(C)(CC)CO)N(C)CCC1CCOCC1. The topological polar surface area (TPSA) is 57.1 Å². The molecule has 0 bridgehead atoms. The average molecular weight is 313 g/mol. The van der Waals surface area contributed by atoms with Crippen LogP contribution in [0.2, 0.25) is 0 Å². The molecule has 5 heteroatoms. The minimum Gasteiger partial charge on any atom is -0.396 e. The molecule has 1 aliphatic rings. The summed E-state index contributed by atoms with van der Waals surface area (Å²) in [6, 6.07) is 0. The molecular formula is C17H35N3O2. The van der Waals surface area contributed by atoms with Gasteiger partial charge in [-0.15, -0.1) is 0 Å². The van der Waals surface area contributed by atoms with Crippen molar-refractivity contribution in [2.24, 2.45) is 16.3 Å². The minimum atomic E-state index is -0.123. The lowest BCUT2D eigenvalue weighted by atomic mass is 9.89. The van der Waals surface area contributed by atoms with Gasteiger partial charge in [0.2, 0.25) is 0 Å². The van der Waals surface area contributed by atoms with Crippen molar-refractivity contribution in [1.82, 2.24) is 10.2 Å². The van der Waals surface area contributed by atoms with Gasteiger partial charge in [-0.05, 0) is 38.5 Å². The van der Waals surface area contributed by atoms with E-state index in [0.717, 1.165) is 44.6 Å². The molecule has 0 radical (unpaired) electrons. The highest BCUT2D eigenvalue weighted by Crippen LogP contribution is 2.21. The Morgan fingerprint density at radius 1 is 1.36 bits per heavy atom. The summed E-state index contributed by atoms with van der Waals surface area (Å²) in [6.07, 6.45) is 4.48. The second-order valence-electron chi connectivity index (χ2n) is 6.76. The number of guanidine groups is 1. The Labute approximate surface area is 136 Å². The van der Waals surface area contributed by atoms with Gasteiger partial charge in [-0.3, -0.25) is 4.99 Å². The van der Waals surface area contributed by atoms with Crippen molar-refractivity contribution in [3.05, 3.63) is 0 Å². The molecule has 1 saturated heterocycles. The van der Waals surface area contributed by atoms with Gasteiger partial charge in [-0.25, -0.2) is 0 Å². The summed E-state index contributed by atoms with van der Waals surface area (Å²) in [5.41, 5.74) is -0.123. The molecule has 1 atom stereocenters. The summed E-state index contributed by atoms with van der Waals surface area (Å²) >= 11 is 0. The number of nitrogens with one attached hydrogen (secondary N) is 1. The molecule has 0 aliphatic carbocycles. The van der Waals surface area contributed by atoms with E-state index in [1.54, 1.807) is 0 Å². The van der Waals surface area contributed by atoms with Gasteiger partial charge in [0.05, 0.1) is 13.2 Å². The molecular weight excluding hydrogens is 278 g/mol. The van der Waals surface area contributed by atoms with Crippen LogP contribution in [-0.2, 0) is 4.74 Å². The van der Waals surface area contributed by atoms with Gasteiger partial charge >= 0.3 is 0 Å². The second kappa shape index (κ2) is 10.1. The van der Waals surface area contributed by atoms with Gasteiger partial charge in [0.1, 0.15) is 0 Å². The van der Waals surface area contributed by atoms with Crippen molar-refractivity contribution in [3.63, 3.8) is 0 Å². The van der Waals surface area contributed by atoms with Crippen molar-refractivity contribution >= 4 is 5.96 Å². The van der Waals surface area contributed by atoms with E-state index < -0.39 is 0 Å². The number of nitrogens with zero attached hydrogens (tertiary/aromatic N) is 2. The minimum absolute atomic E-state index is 0.123. The Balaban J connectivity index is 2.52. The Hall–Kier alpha value is -0.810. The molecule has 0 saturated carbocycles. The van der Waals surface area contributed by atoms with Crippen LogP contribution in [0.4, 0.5) is 0 Å². The number of aliphatic imine (C=N–C) groups is 1. The normalized spacial score (nSPS) is 19.8. The molecule has 1 fully saturated rings. The molecule has 130 valence electrons. The first-order chi connectivity index (χ1) is 10.5. The van der Waals surface area contributed by atoms with Gasteiger partial charge in [-0.2, -0.15) is 0 Å². The maximum absolute atomic E-state index is 9.53. The van der Waals surface area contributed by atoms with Crippen molar-refractivity contribution in [2.75, 3.05) is 46.5 Å². The number of rotatable bonds is 8. The van der Waals surface area contributed by atoms with Crippen LogP contribution in [0.3, 0.4) is 0 Å². The highest BCUT2D eigenvalue weighted by atomic mass is 16.5. The highest BCUT2D eigenvalue weighted by molar-refractivity contribution is 5.79. The Bertz CT molecular complexity index is 324. The number of hydrogen-bond acceptors (Lipinski definition) is 3. The zero-order valence-electron chi connectivity index (χ0n) is 14.9. The molecule has 22 heavy (non-hydrogen) atoms. The molecule has 2 N–H and O–H groups in total. The Kier molecular flexibility index (Phi) is 8.79. The van der Waals surface area contributed by atoms with E-state index in [2.05, 4.69) is 38.0 Å². The third kappa shape index (κ3) is 6.53. The van der Waals surface area contributed by atoms with Crippen LogP contribution in [-0.4, -0.2) is 62.5 Å². The molecule has 0 spiro atoms. The monoisotopic (exact) mass is 313 g/mol. The van der Waals surface area contributed by atoms with Crippen LogP contribution in [0.15, 0.2) is 4.99 Å². The van der Waals surface area contributed by atoms with Gasteiger partial charge in [0, 0.05) is 38.8 Å². The zero-order chi connectivity index (χ0) is 16.4. The standard InChI is InChI=1S/C17H35N3O2/c1-5-17(3,14-21)13-19-16(18-6-2)20(4)10-7-15-8-11-22-12-9-15/h15,21H,5-14H2,1-4H3,(H,18,19). The van der Waals surface area contributed by atoms with Crippen LogP contribution < -0.4 is 5.32 Å². The third-order valence-corrected chi connectivity index (χ3v) is 4.76. The van der Waals surface area contributed by atoms with Crippen molar-refractivity contribution < 1.29 is 9.84 Å². The molecule has 1 unspecified atom stereocenters. The first kappa shape index (κ1) is 19.2. The fourth-order valence-electron chi connectivity index (χ4n) is 2.53. The maximum atomic E-state index is 9.53. The first-order valence-electron chi connectivity index (χ1n) is 8.72. The molecule has 0 aromatic rings. The molecule has 1 rings (SSSR count). The van der Waals surface area contributed by atoms with E-state index in [1.165, 1.54) is 19.3 Å². The molecule has 0 aromatic carbocycles. The highest BCUT2D eigenvalue weighted by Gasteiger charge is 2.21. The van der Waals surface area contributed by atoms with E-state index in [9.17, 15) is 5.11 Å². The van der Waals surface area contributed by atoms with Crippen LogP contribution in [0, 0.1) is 11.3 Å². The van der Waals surface area contributed by atoms with Crippen LogP contribution in [0.5, 0.6) is 0 Å². The predicted molar refractivity (Wildman–Crippen MR) is 92.3 cm³/mol. The first-order valence-corrected chi connectivity index (χ1v) is 8.72. The van der Waals surface area contributed by atoms with E-state index in [1.807, 2.05) is 0 Å². The second-order valence-corrected chi connectivity index (χ2v) is 6.76. The summed E-state index contributed by atoms with van der Waals surface area (Å²) < 4.78 is 5.42. The number of ether oxygens (including phenoxy) is 1. The summed E-state index contributed by atoms with van der Waals surface area (Å²) in [7, 11) is 2.10. The lowest BCUT2D eigenvalue weighted by Crippen LogP contribution is -2.41. The van der Waals surface area contributed by atoms with Gasteiger partial charge < -0.3 is 20.1 Å². The fraction of sp³-hybridized carbons (Fsp3) is 0.941. The van der Waals surface area contributed by atoms with Crippen LogP contribution in [0.25, 0.3) is 0 Å². The molecule has 1 aliphatic heterocycles. The van der Waals surface area contributed by atoms with E-state index in [4.69, 9.17) is 9.73 Å². The lowest BCUT2D eigenvalue weighted by Gasteiger charge is -2.28. The van der Waals surface area contributed by atoms with Gasteiger partial charge in [0.15, 0.2) is 5.96 Å². The van der Waals surface area contributed by atoms with E-state index >= 15 is 0 Å². The van der Waals surface area contributed by atoms with Crippen LogP contribution >= 0.6 is 0 Å². The van der Waals surface area contributed by atoms with Crippen molar-refractivity contribution in [2.45, 2.75) is 46.5 Å². The average Bonchev–Trinajstić information content (AvgIpc) is 2.57. The summed E-state index contributed by atoms with van der Waals surface area (Å²) in [5.74, 6) is 1.72. The lowest BCUT2D eigenvalue weighted by molar-refractivity contribution is 0.0625. The Morgan fingerprint density at radius 2 is 2.05 bits per heavy atom. The summed E-state index contributed by atoms with van der Waals surface area (Å²) in [4.78, 5) is 6.95. The predicted octanol–water partition coefficient (Wildman–Crippen LogP) is 2.11. The molecule has 1 heterocycles. The van der Waals surface area contributed by atoms with Crippen molar-refractivity contribution in [1.29, 1.82) is 0 Å². The van der Waals surface area contributed by atoms with E-state index in [-0.39, 0.29) is 12.0 Å². The molecule has 0 aromatic heterocycles. The number of aliphatic hydroxyl groups is 1. The summed E-state index contributed by atoms with van der Waals surface area (Å²) in [5, 5.41) is 12.9. The smallest absolute Gasteiger partial charge is 0.193 e.